The predicted octanol–water partition coefficient (Wildman–Crippen LogP) is 1.47. The summed E-state index contributed by atoms with van der Waals surface area (Å²) in [7, 11) is 0. The standard InChI is InChI=1S/C14H22N4OS/c1-9-10(2)16-17-14(12(9)13(15)20)18(7-8-19)11-5-3-4-6-11/h11,19H,3-8H2,1-2H3,(H2,15,20). The number of hydrogen-bond donors (Lipinski definition) is 2. The molecule has 1 fully saturated rings. The van der Waals surface area contributed by atoms with Crippen LogP contribution in [-0.2, 0) is 0 Å². The molecule has 1 saturated carbocycles. The minimum absolute atomic E-state index is 0.0852. The molecule has 1 heterocycles. The Morgan fingerprint density at radius 1 is 1.35 bits per heavy atom. The third-order valence-corrected chi connectivity index (χ3v) is 4.26. The average Bonchev–Trinajstić information content (AvgIpc) is 2.92. The number of hydrogen-bond acceptors (Lipinski definition) is 5. The van der Waals surface area contributed by atoms with Crippen LogP contribution in [0.1, 0.15) is 42.5 Å². The number of nitrogens with zero attached hydrogens (tertiary/aromatic N) is 3. The number of aliphatic hydroxyl groups excluding tert-OH is 1. The number of anilines is 1. The van der Waals surface area contributed by atoms with Crippen molar-refractivity contribution in [2.45, 2.75) is 45.6 Å². The molecule has 0 spiro atoms. The molecular formula is C14H22N4OS. The van der Waals surface area contributed by atoms with Crippen molar-refractivity contribution in [2.24, 2.45) is 5.73 Å². The first-order valence-corrected chi connectivity index (χ1v) is 7.48. The molecule has 1 aromatic rings. The van der Waals surface area contributed by atoms with Crippen LogP contribution >= 0.6 is 12.2 Å². The second-order valence-corrected chi connectivity index (χ2v) is 5.77. The maximum Gasteiger partial charge on any atom is 0.162 e. The molecule has 5 nitrogen and oxygen atoms in total. The highest BCUT2D eigenvalue weighted by atomic mass is 32.1. The van der Waals surface area contributed by atoms with Crippen molar-refractivity contribution < 1.29 is 5.11 Å². The Morgan fingerprint density at radius 3 is 2.55 bits per heavy atom. The molecule has 0 atom stereocenters. The van der Waals surface area contributed by atoms with Gasteiger partial charge in [0.15, 0.2) is 5.82 Å². The lowest BCUT2D eigenvalue weighted by Crippen LogP contribution is -2.38. The van der Waals surface area contributed by atoms with E-state index in [0.717, 1.165) is 35.5 Å². The summed E-state index contributed by atoms with van der Waals surface area (Å²) in [6.07, 6.45) is 4.66. The van der Waals surface area contributed by atoms with E-state index in [4.69, 9.17) is 18.0 Å². The summed E-state index contributed by atoms with van der Waals surface area (Å²) >= 11 is 5.20. The Morgan fingerprint density at radius 2 is 2.00 bits per heavy atom. The number of aromatic nitrogens is 2. The summed E-state index contributed by atoms with van der Waals surface area (Å²) in [6.45, 7) is 4.49. The Kier molecular flexibility index (Phi) is 4.88. The number of aliphatic hydroxyl groups is 1. The molecule has 110 valence electrons. The highest BCUT2D eigenvalue weighted by Gasteiger charge is 2.27. The molecule has 0 bridgehead atoms. The van der Waals surface area contributed by atoms with Gasteiger partial charge in [-0.05, 0) is 32.3 Å². The van der Waals surface area contributed by atoms with Crippen LogP contribution in [0.3, 0.4) is 0 Å². The Labute approximate surface area is 125 Å². The lowest BCUT2D eigenvalue weighted by molar-refractivity contribution is 0.296. The van der Waals surface area contributed by atoms with Gasteiger partial charge in [-0.1, -0.05) is 25.1 Å². The van der Waals surface area contributed by atoms with E-state index in [1.165, 1.54) is 12.8 Å². The summed E-state index contributed by atoms with van der Waals surface area (Å²) in [6, 6.07) is 0.395. The van der Waals surface area contributed by atoms with Gasteiger partial charge in [0.2, 0.25) is 0 Å². The SMILES string of the molecule is Cc1nnc(N(CCO)C2CCCC2)c(C(N)=S)c1C. The normalized spacial score (nSPS) is 15.6. The maximum atomic E-state index is 9.36. The molecule has 0 saturated heterocycles. The van der Waals surface area contributed by atoms with E-state index in [-0.39, 0.29) is 6.61 Å². The van der Waals surface area contributed by atoms with Crippen LogP contribution in [-0.4, -0.2) is 39.5 Å². The quantitative estimate of drug-likeness (QED) is 0.801. The molecule has 0 unspecified atom stereocenters. The van der Waals surface area contributed by atoms with Gasteiger partial charge < -0.3 is 15.7 Å². The van der Waals surface area contributed by atoms with E-state index in [1.54, 1.807) is 0 Å². The minimum atomic E-state index is 0.0852. The molecule has 1 aliphatic rings. The molecule has 1 aliphatic carbocycles. The third kappa shape index (κ3) is 2.91. The van der Waals surface area contributed by atoms with Crippen LogP contribution in [0.5, 0.6) is 0 Å². The van der Waals surface area contributed by atoms with Gasteiger partial charge in [-0.3, -0.25) is 0 Å². The molecule has 0 aromatic carbocycles. The first kappa shape index (κ1) is 15.1. The van der Waals surface area contributed by atoms with E-state index in [9.17, 15) is 5.11 Å². The zero-order chi connectivity index (χ0) is 14.7. The Balaban J connectivity index is 2.46. The fourth-order valence-corrected chi connectivity index (χ4v) is 3.12. The second kappa shape index (κ2) is 6.45. The average molecular weight is 294 g/mol. The van der Waals surface area contributed by atoms with Gasteiger partial charge in [-0.15, -0.1) is 5.10 Å². The van der Waals surface area contributed by atoms with Crippen molar-refractivity contribution in [3.05, 3.63) is 16.8 Å². The van der Waals surface area contributed by atoms with Crippen molar-refractivity contribution in [3.63, 3.8) is 0 Å². The van der Waals surface area contributed by atoms with E-state index in [1.807, 2.05) is 13.8 Å². The number of nitrogens with two attached hydrogens (primary N) is 1. The summed E-state index contributed by atoms with van der Waals surface area (Å²) < 4.78 is 0. The molecule has 6 heteroatoms. The third-order valence-electron chi connectivity index (χ3n) is 4.06. The molecule has 0 aliphatic heterocycles. The van der Waals surface area contributed by atoms with Gasteiger partial charge in [-0.2, -0.15) is 5.10 Å². The van der Waals surface area contributed by atoms with E-state index >= 15 is 0 Å². The molecule has 0 radical (unpaired) electrons. The zero-order valence-electron chi connectivity index (χ0n) is 12.1. The first-order chi connectivity index (χ1) is 9.56. The van der Waals surface area contributed by atoms with Gasteiger partial charge >= 0.3 is 0 Å². The maximum absolute atomic E-state index is 9.36. The molecular weight excluding hydrogens is 272 g/mol. The molecule has 1 aromatic heterocycles. The van der Waals surface area contributed by atoms with Crippen LogP contribution in [0.15, 0.2) is 0 Å². The summed E-state index contributed by atoms with van der Waals surface area (Å²) in [5.74, 6) is 0.724. The van der Waals surface area contributed by atoms with Crippen molar-refractivity contribution >= 4 is 23.0 Å². The lowest BCUT2D eigenvalue weighted by Gasteiger charge is -2.31. The van der Waals surface area contributed by atoms with Gasteiger partial charge in [0.05, 0.1) is 17.9 Å². The minimum Gasteiger partial charge on any atom is -0.395 e. The van der Waals surface area contributed by atoms with Crippen LogP contribution < -0.4 is 10.6 Å². The van der Waals surface area contributed by atoms with Crippen molar-refractivity contribution in [2.75, 3.05) is 18.1 Å². The van der Waals surface area contributed by atoms with Gasteiger partial charge in [0.1, 0.15) is 4.99 Å². The lowest BCUT2D eigenvalue weighted by atomic mass is 10.1. The fraction of sp³-hybridized carbons (Fsp3) is 0.643. The largest absolute Gasteiger partial charge is 0.395 e. The summed E-state index contributed by atoms with van der Waals surface area (Å²) in [4.78, 5) is 2.47. The first-order valence-electron chi connectivity index (χ1n) is 7.07. The zero-order valence-corrected chi connectivity index (χ0v) is 12.9. The van der Waals surface area contributed by atoms with Crippen molar-refractivity contribution in [1.29, 1.82) is 0 Å². The smallest absolute Gasteiger partial charge is 0.162 e. The van der Waals surface area contributed by atoms with Crippen LogP contribution in [0.25, 0.3) is 0 Å². The monoisotopic (exact) mass is 294 g/mol. The van der Waals surface area contributed by atoms with E-state index in [2.05, 4.69) is 15.1 Å². The van der Waals surface area contributed by atoms with Crippen LogP contribution in [0.2, 0.25) is 0 Å². The highest BCUT2D eigenvalue weighted by molar-refractivity contribution is 7.80. The van der Waals surface area contributed by atoms with Crippen LogP contribution in [0, 0.1) is 13.8 Å². The summed E-state index contributed by atoms with van der Waals surface area (Å²) in [5, 5.41) is 17.9. The van der Waals surface area contributed by atoms with E-state index < -0.39 is 0 Å². The highest BCUT2D eigenvalue weighted by Crippen LogP contribution is 2.30. The molecule has 3 N–H and O–H groups in total. The van der Waals surface area contributed by atoms with Gasteiger partial charge in [0, 0.05) is 12.6 Å². The topological polar surface area (TPSA) is 75.3 Å². The Hall–Kier alpha value is -1.27. The number of aryl methyl sites for hydroxylation is 1. The van der Waals surface area contributed by atoms with E-state index in [0.29, 0.717) is 17.6 Å². The predicted molar refractivity (Wildman–Crippen MR) is 84.1 cm³/mol. The number of thiocarbonyl (C=S) groups is 1. The van der Waals surface area contributed by atoms with Gasteiger partial charge in [-0.25, -0.2) is 0 Å². The molecule has 0 amide bonds. The molecule has 2 rings (SSSR count). The van der Waals surface area contributed by atoms with Gasteiger partial charge in [0.25, 0.3) is 0 Å². The Bertz CT molecular complexity index is 500. The summed E-state index contributed by atoms with van der Waals surface area (Å²) in [5.41, 5.74) is 8.51. The number of rotatable bonds is 5. The van der Waals surface area contributed by atoms with Crippen molar-refractivity contribution in [1.82, 2.24) is 10.2 Å². The molecule has 20 heavy (non-hydrogen) atoms. The second-order valence-electron chi connectivity index (χ2n) is 5.33. The van der Waals surface area contributed by atoms with Crippen molar-refractivity contribution in [3.8, 4) is 0 Å². The fourth-order valence-electron chi connectivity index (χ4n) is 2.88. The van der Waals surface area contributed by atoms with Crippen LogP contribution in [0.4, 0.5) is 5.82 Å².